The average molecular weight is 256 g/mol. The van der Waals surface area contributed by atoms with Gasteiger partial charge in [0.15, 0.2) is 0 Å². The Kier molecular flexibility index (Phi) is 5.23. The molecule has 1 atom stereocenters. The van der Waals surface area contributed by atoms with E-state index in [-0.39, 0.29) is 17.4 Å². The van der Waals surface area contributed by atoms with Crippen molar-refractivity contribution in [3.05, 3.63) is 35.4 Å². The number of rotatable bonds is 5. The van der Waals surface area contributed by atoms with E-state index in [4.69, 9.17) is 0 Å². The molecule has 0 aromatic heterocycles. The van der Waals surface area contributed by atoms with Gasteiger partial charge in [-0.25, -0.2) is 8.78 Å². The first kappa shape index (κ1) is 15.1. The smallest absolute Gasteiger partial charge is 0.128 e. The highest BCUT2D eigenvalue weighted by molar-refractivity contribution is 5.21. The molecule has 0 aliphatic carbocycles. The Hall–Kier alpha value is -1.00. The van der Waals surface area contributed by atoms with Gasteiger partial charge in [-0.05, 0) is 45.9 Å². The van der Waals surface area contributed by atoms with Crippen molar-refractivity contribution >= 4 is 0 Å². The summed E-state index contributed by atoms with van der Waals surface area (Å²) in [5, 5.41) is 6.49. The molecule has 1 aromatic rings. The van der Waals surface area contributed by atoms with E-state index in [0.29, 0.717) is 12.1 Å². The summed E-state index contributed by atoms with van der Waals surface area (Å²) in [6.07, 6.45) is 0. The summed E-state index contributed by atoms with van der Waals surface area (Å²) in [6.45, 7) is 9.57. The molecule has 0 amide bonds. The zero-order valence-corrected chi connectivity index (χ0v) is 11.5. The zero-order chi connectivity index (χ0) is 13.8. The molecule has 2 nitrogen and oxygen atoms in total. The predicted octanol–water partition coefficient (Wildman–Crippen LogP) is 3.00. The van der Waals surface area contributed by atoms with Crippen LogP contribution in [0, 0.1) is 11.6 Å². The van der Waals surface area contributed by atoms with Crippen LogP contribution in [0.4, 0.5) is 8.78 Å². The van der Waals surface area contributed by atoms with Crippen molar-refractivity contribution < 1.29 is 8.78 Å². The number of hydrogen-bond donors (Lipinski definition) is 2. The molecule has 0 bridgehead atoms. The van der Waals surface area contributed by atoms with Crippen LogP contribution in [0.2, 0.25) is 0 Å². The molecule has 1 aromatic carbocycles. The van der Waals surface area contributed by atoms with Gasteiger partial charge in [0.25, 0.3) is 0 Å². The Balaban J connectivity index is 2.45. The topological polar surface area (TPSA) is 24.1 Å². The lowest BCUT2D eigenvalue weighted by atomic mass is 10.1. The molecule has 1 unspecified atom stereocenters. The van der Waals surface area contributed by atoms with Gasteiger partial charge < -0.3 is 10.6 Å². The van der Waals surface area contributed by atoms with Crippen LogP contribution in [0.3, 0.4) is 0 Å². The third-order valence-electron chi connectivity index (χ3n) is 2.66. The van der Waals surface area contributed by atoms with Crippen molar-refractivity contribution in [1.29, 1.82) is 0 Å². The molecule has 1 rings (SSSR count). The maximum atomic E-state index is 13.5. The lowest BCUT2D eigenvalue weighted by Crippen LogP contribution is -2.40. The van der Waals surface area contributed by atoms with E-state index >= 15 is 0 Å². The van der Waals surface area contributed by atoms with Crippen molar-refractivity contribution in [2.45, 2.75) is 39.3 Å². The summed E-state index contributed by atoms with van der Waals surface area (Å²) < 4.78 is 26.5. The summed E-state index contributed by atoms with van der Waals surface area (Å²) in [6, 6.07) is 3.33. The predicted molar refractivity (Wildman–Crippen MR) is 70.5 cm³/mol. The second-order valence-electron chi connectivity index (χ2n) is 5.52. The molecule has 0 fully saturated rings. The van der Waals surface area contributed by atoms with Gasteiger partial charge in [0.05, 0.1) is 0 Å². The van der Waals surface area contributed by atoms with E-state index in [2.05, 4.69) is 31.4 Å². The molecule has 18 heavy (non-hydrogen) atoms. The number of benzene rings is 1. The summed E-state index contributed by atoms with van der Waals surface area (Å²) in [5.74, 6) is -0.784. The van der Waals surface area contributed by atoms with Crippen LogP contribution in [0.1, 0.15) is 39.3 Å². The monoisotopic (exact) mass is 256 g/mol. The Labute approximate surface area is 108 Å². The Morgan fingerprint density at radius 1 is 1.17 bits per heavy atom. The first-order valence-corrected chi connectivity index (χ1v) is 6.23. The van der Waals surface area contributed by atoms with Crippen LogP contribution in [0.15, 0.2) is 18.2 Å². The van der Waals surface area contributed by atoms with Crippen molar-refractivity contribution in [1.82, 2.24) is 10.6 Å². The lowest BCUT2D eigenvalue weighted by molar-refractivity contribution is 0.412. The van der Waals surface area contributed by atoms with Crippen molar-refractivity contribution in [2.24, 2.45) is 0 Å². The Bertz CT molecular complexity index is 386. The second kappa shape index (κ2) is 6.25. The minimum absolute atomic E-state index is 0.0645. The zero-order valence-electron chi connectivity index (χ0n) is 11.5. The molecular weight excluding hydrogens is 234 g/mol. The standard InChI is InChI=1S/C14H22F2N2/c1-10(17-7-8-18-14(2,3)4)12-9-11(15)5-6-13(12)16/h5-6,9-10,17-18H,7-8H2,1-4H3. The van der Waals surface area contributed by atoms with Gasteiger partial charge in [-0.2, -0.15) is 0 Å². The van der Waals surface area contributed by atoms with E-state index in [0.717, 1.165) is 18.7 Å². The van der Waals surface area contributed by atoms with Gasteiger partial charge in [0.2, 0.25) is 0 Å². The number of nitrogens with one attached hydrogen (secondary N) is 2. The quantitative estimate of drug-likeness (QED) is 0.791. The number of halogens is 2. The van der Waals surface area contributed by atoms with Gasteiger partial charge in [-0.15, -0.1) is 0 Å². The van der Waals surface area contributed by atoms with E-state index in [1.165, 1.54) is 6.07 Å². The van der Waals surface area contributed by atoms with Crippen LogP contribution in [-0.4, -0.2) is 18.6 Å². The summed E-state index contributed by atoms with van der Waals surface area (Å²) in [5.41, 5.74) is 0.431. The fourth-order valence-electron chi connectivity index (χ4n) is 1.68. The van der Waals surface area contributed by atoms with Crippen LogP contribution in [0.25, 0.3) is 0 Å². The molecule has 0 spiro atoms. The van der Waals surface area contributed by atoms with E-state index in [9.17, 15) is 8.78 Å². The molecule has 2 N–H and O–H groups in total. The minimum atomic E-state index is -0.409. The van der Waals surface area contributed by atoms with Crippen LogP contribution in [-0.2, 0) is 0 Å². The highest BCUT2D eigenvalue weighted by Crippen LogP contribution is 2.17. The maximum absolute atomic E-state index is 13.5. The summed E-state index contributed by atoms with van der Waals surface area (Å²) in [7, 11) is 0. The minimum Gasteiger partial charge on any atom is -0.311 e. The highest BCUT2D eigenvalue weighted by Gasteiger charge is 2.12. The molecule has 0 saturated carbocycles. The normalized spacial score (nSPS) is 13.7. The van der Waals surface area contributed by atoms with Gasteiger partial charge in [-0.1, -0.05) is 0 Å². The molecule has 0 saturated heterocycles. The van der Waals surface area contributed by atoms with Crippen molar-refractivity contribution in [3.8, 4) is 0 Å². The van der Waals surface area contributed by atoms with Gasteiger partial charge in [0, 0.05) is 30.2 Å². The third-order valence-corrected chi connectivity index (χ3v) is 2.66. The Morgan fingerprint density at radius 3 is 2.44 bits per heavy atom. The second-order valence-corrected chi connectivity index (χ2v) is 5.52. The highest BCUT2D eigenvalue weighted by atomic mass is 19.1. The fourth-order valence-corrected chi connectivity index (χ4v) is 1.68. The molecule has 102 valence electrons. The first-order chi connectivity index (χ1) is 8.29. The average Bonchev–Trinajstić information content (AvgIpc) is 2.26. The van der Waals surface area contributed by atoms with E-state index in [1.54, 1.807) is 0 Å². The van der Waals surface area contributed by atoms with Crippen molar-refractivity contribution in [2.75, 3.05) is 13.1 Å². The van der Waals surface area contributed by atoms with Crippen LogP contribution >= 0.6 is 0 Å². The number of hydrogen-bond acceptors (Lipinski definition) is 2. The molecular formula is C14H22F2N2. The van der Waals surface area contributed by atoms with Gasteiger partial charge in [0.1, 0.15) is 11.6 Å². The Morgan fingerprint density at radius 2 is 1.83 bits per heavy atom. The lowest BCUT2D eigenvalue weighted by Gasteiger charge is -2.22. The summed E-state index contributed by atoms with van der Waals surface area (Å²) >= 11 is 0. The molecule has 0 heterocycles. The largest absolute Gasteiger partial charge is 0.311 e. The van der Waals surface area contributed by atoms with Gasteiger partial charge >= 0.3 is 0 Å². The van der Waals surface area contributed by atoms with E-state index < -0.39 is 5.82 Å². The van der Waals surface area contributed by atoms with Crippen molar-refractivity contribution in [3.63, 3.8) is 0 Å². The van der Waals surface area contributed by atoms with Crippen LogP contribution in [0.5, 0.6) is 0 Å². The summed E-state index contributed by atoms with van der Waals surface area (Å²) in [4.78, 5) is 0. The maximum Gasteiger partial charge on any atom is 0.128 e. The molecule has 0 aliphatic rings. The van der Waals surface area contributed by atoms with Gasteiger partial charge in [-0.3, -0.25) is 0 Å². The fraction of sp³-hybridized carbons (Fsp3) is 0.571. The van der Waals surface area contributed by atoms with Crippen LogP contribution < -0.4 is 10.6 Å². The third kappa shape index (κ3) is 5.10. The molecule has 4 heteroatoms. The molecule has 0 aliphatic heterocycles. The van der Waals surface area contributed by atoms with E-state index in [1.807, 2.05) is 6.92 Å². The molecule has 0 radical (unpaired) electrons. The first-order valence-electron chi connectivity index (χ1n) is 6.23. The SMILES string of the molecule is CC(NCCNC(C)(C)C)c1cc(F)ccc1F.